The summed E-state index contributed by atoms with van der Waals surface area (Å²) in [5, 5.41) is 6.40. The van der Waals surface area contributed by atoms with Crippen molar-refractivity contribution in [1.29, 1.82) is 0 Å². The van der Waals surface area contributed by atoms with E-state index in [9.17, 15) is 9.59 Å². The predicted octanol–water partition coefficient (Wildman–Crippen LogP) is 4.02. The van der Waals surface area contributed by atoms with Gasteiger partial charge >= 0.3 is 0 Å². The molecule has 1 atom stereocenters. The van der Waals surface area contributed by atoms with E-state index in [1.807, 2.05) is 48.5 Å². The third-order valence-corrected chi connectivity index (χ3v) is 5.61. The first-order valence-corrected chi connectivity index (χ1v) is 10.5. The molecule has 0 fully saturated rings. The van der Waals surface area contributed by atoms with Crippen LogP contribution in [0.5, 0.6) is 0 Å². The van der Waals surface area contributed by atoms with Gasteiger partial charge in [-0.2, -0.15) is 0 Å². The van der Waals surface area contributed by atoms with Gasteiger partial charge in [-0.1, -0.05) is 80.6 Å². The van der Waals surface area contributed by atoms with Crippen LogP contribution in [0.1, 0.15) is 46.7 Å². The van der Waals surface area contributed by atoms with Crippen LogP contribution in [0.4, 0.5) is 0 Å². The largest absolute Gasteiger partial charge is 0.351 e. The highest BCUT2D eigenvalue weighted by Crippen LogP contribution is 2.28. The first-order valence-electron chi connectivity index (χ1n) is 10.5. The molecule has 1 heterocycles. The van der Waals surface area contributed by atoms with Crippen molar-refractivity contribution in [2.45, 2.75) is 31.7 Å². The maximum atomic E-state index is 12.6. The molecule has 0 aliphatic carbocycles. The van der Waals surface area contributed by atoms with Crippen molar-refractivity contribution in [2.75, 3.05) is 13.1 Å². The van der Waals surface area contributed by atoms with Gasteiger partial charge in [0.25, 0.3) is 5.91 Å². The van der Waals surface area contributed by atoms with E-state index in [-0.39, 0.29) is 29.7 Å². The molecule has 3 aromatic rings. The van der Waals surface area contributed by atoms with Crippen LogP contribution >= 0.6 is 0 Å². The summed E-state index contributed by atoms with van der Waals surface area (Å²) in [6.07, 6.45) is 2.27. The molecule has 160 valence electrons. The standard InChI is InChI=1S/C26H29N3O2/c1-26(2,21-13-7-4-8-14-21)24(29-19-23(30)20-11-5-3-6-12-20)16-18-28-25(31)22-15-9-10-17-27-22/h3-15,17,24,29H,16,18-19H2,1-2H3,(H,28,31)/t24-/m1/s1. The Kier molecular flexibility index (Phi) is 7.68. The number of ketones is 1. The summed E-state index contributed by atoms with van der Waals surface area (Å²) in [6, 6.07) is 24.8. The van der Waals surface area contributed by atoms with E-state index in [4.69, 9.17) is 0 Å². The van der Waals surface area contributed by atoms with Crippen LogP contribution in [0.15, 0.2) is 85.1 Å². The van der Waals surface area contributed by atoms with Crippen molar-refractivity contribution in [3.63, 3.8) is 0 Å². The van der Waals surface area contributed by atoms with Crippen molar-refractivity contribution in [1.82, 2.24) is 15.6 Å². The molecular weight excluding hydrogens is 386 g/mol. The number of hydrogen-bond donors (Lipinski definition) is 2. The van der Waals surface area contributed by atoms with E-state index in [0.29, 0.717) is 24.2 Å². The van der Waals surface area contributed by atoms with Gasteiger partial charge in [0.15, 0.2) is 5.78 Å². The summed E-state index contributed by atoms with van der Waals surface area (Å²) in [7, 11) is 0. The fourth-order valence-corrected chi connectivity index (χ4v) is 3.65. The summed E-state index contributed by atoms with van der Waals surface area (Å²) in [5.74, 6) is -0.149. The first-order chi connectivity index (χ1) is 15.0. The van der Waals surface area contributed by atoms with E-state index in [1.165, 1.54) is 5.56 Å². The predicted molar refractivity (Wildman–Crippen MR) is 123 cm³/mol. The molecule has 0 aliphatic rings. The molecule has 5 heteroatoms. The van der Waals surface area contributed by atoms with Crippen molar-refractivity contribution in [3.8, 4) is 0 Å². The van der Waals surface area contributed by atoms with Crippen LogP contribution < -0.4 is 10.6 Å². The molecule has 2 N–H and O–H groups in total. The zero-order valence-corrected chi connectivity index (χ0v) is 18.0. The molecule has 1 aromatic heterocycles. The van der Waals surface area contributed by atoms with Gasteiger partial charge in [-0.25, -0.2) is 0 Å². The molecule has 0 radical (unpaired) electrons. The van der Waals surface area contributed by atoms with E-state index < -0.39 is 0 Å². The lowest BCUT2D eigenvalue weighted by molar-refractivity contribution is 0.0938. The van der Waals surface area contributed by atoms with Gasteiger partial charge in [-0.05, 0) is 24.1 Å². The number of rotatable bonds is 10. The van der Waals surface area contributed by atoms with Crippen molar-refractivity contribution in [3.05, 3.63) is 102 Å². The van der Waals surface area contributed by atoms with E-state index in [2.05, 4.69) is 41.6 Å². The van der Waals surface area contributed by atoms with Gasteiger partial charge in [-0.15, -0.1) is 0 Å². The normalized spacial score (nSPS) is 12.2. The Morgan fingerprint density at radius 3 is 2.19 bits per heavy atom. The van der Waals surface area contributed by atoms with Crippen LogP contribution in [0.2, 0.25) is 0 Å². The lowest BCUT2D eigenvalue weighted by atomic mass is 9.76. The number of Topliss-reactive ketones (excluding diaryl/α,β-unsaturated/α-hetero) is 1. The van der Waals surface area contributed by atoms with E-state index >= 15 is 0 Å². The van der Waals surface area contributed by atoms with Gasteiger partial charge in [0.2, 0.25) is 0 Å². The zero-order chi connectivity index (χ0) is 22.1. The molecule has 31 heavy (non-hydrogen) atoms. The lowest BCUT2D eigenvalue weighted by Crippen LogP contribution is -2.48. The SMILES string of the molecule is CC(C)(c1ccccc1)[C@@H](CCNC(=O)c1ccccn1)NCC(=O)c1ccccc1. The fourth-order valence-electron chi connectivity index (χ4n) is 3.65. The second-order valence-corrected chi connectivity index (χ2v) is 8.07. The van der Waals surface area contributed by atoms with Gasteiger partial charge < -0.3 is 10.6 Å². The number of benzene rings is 2. The third-order valence-electron chi connectivity index (χ3n) is 5.61. The highest BCUT2D eigenvalue weighted by atomic mass is 16.2. The smallest absolute Gasteiger partial charge is 0.269 e. The fraction of sp³-hybridized carbons (Fsp3) is 0.269. The Labute approximate surface area is 183 Å². The first kappa shape index (κ1) is 22.4. The van der Waals surface area contributed by atoms with Gasteiger partial charge in [-0.3, -0.25) is 14.6 Å². The Bertz CT molecular complexity index is 973. The minimum absolute atomic E-state index is 0.0217. The minimum Gasteiger partial charge on any atom is -0.351 e. The van der Waals surface area contributed by atoms with Crippen molar-refractivity contribution < 1.29 is 9.59 Å². The number of carbonyl (C=O) groups is 2. The second-order valence-electron chi connectivity index (χ2n) is 8.07. The summed E-state index contributed by atoms with van der Waals surface area (Å²) in [4.78, 5) is 29.1. The maximum Gasteiger partial charge on any atom is 0.269 e. The monoisotopic (exact) mass is 415 g/mol. The summed E-state index contributed by atoms with van der Waals surface area (Å²) in [5.41, 5.74) is 2.02. The van der Waals surface area contributed by atoms with Gasteiger partial charge in [0.05, 0.1) is 6.54 Å². The van der Waals surface area contributed by atoms with Gasteiger partial charge in [0, 0.05) is 29.8 Å². The number of aromatic nitrogens is 1. The van der Waals surface area contributed by atoms with Crippen LogP contribution in [-0.4, -0.2) is 35.8 Å². The number of pyridine rings is 1. The Morgan fingerprint density at radius 2 is 1.55 bits per heavy atom. The van der Waals surface area contributed by atoms with Crippen LogP contribution in [0.25, 0.3) is 0 Å². The molecule has 0 bridgehead atoms. The van der Waals surface area contributed by atoms with Crippen molar-refractivity contribution in [2.24, 2.45) is 0 Å². The topological polar surface area (TPSA) is 71.1 Å². The molecule has 3 rings (SSSR count). The molecule has 0 aliphatic heterocycles. The Morgan fingerprint density at radius 1 is 0.903 bits per heavy atom. The quantitative estimate of drug-likeness (QED) is 0.491. The molecule has 0 saturated heterocycles. The average Bonchev–Trinajstić information content (AvgIpc) is 2.82. The van der Waals surface area contributed by atoms with Crippen LogP contribution in [0.3, 0.4) is 0 Å². The molecule has 0 spiro atoms. The Hall–Kier alpha value is -3.31. The van der Waals surface area contributed by atoms with E-state index in [0.717, 1.165) is 0 Å². The number of carbonyl (C=O) groups excluding carboxylic acids is 2. The van der Waals surface area contributed by atoms with Crippen molar-refractivity contribution >= 4 is 11.7 Å². The Balaban J connectivity index is 1.68. The summed E-state index contributed by atoms with van der Waals surface area (Å²) >= 11 is 0. The summed E-state index contributed by atoms with van der Waals surface area (Å²) in [6.45, 7) is 5.03. The molecule has 1 amide bonds. The molecule has 0 saturated carbocycles. The molecule has 2 aromatic carbocycles. The average molecular weight is 416 g/mol. The minimum atomic E-state index is -0.242. The lowest BCUT2D eigenvalue weighted by Gasteiger charge is -2.36. The van der Waals surface area contributed by atoms with Crippen LogP contribution in [-0.2, 0) is 5.41 Å². The summed E-state index contributed by atoms with van der Waals surface area (Å²) < 4.78 is 0. The van der Waals surface area contributed by atoms with Crippen LogP contribution in [0, 0.1) is 0 Å². The van der Waals surface area contributed by atoms with Gasteiger partial charge in [0.1, 0.15) is 5.69 Å². The highest BCUT2D eigenvalue weighted by Gasteiger charge is 2.31. The molecular formula is C26H29N3O2. The number of hydrogen-bond acceptors (Lipinski definition) is 4. The highest BCUT2D eigenvalue weighted by molar-refractivity contribution is 5.97. The second kappa shape index (κ2) is 10.6. The molecule has 5 nitrogen and oxygen atoms in total. The third kappa shape index (κ3) is 6.09. The zero-order valence-electron chi connectivity index (χ0n) is 18.0. The number of amides is 1. The maximum absolute atomic E-state index is 12.6. The molecule has 0 unspecified atom stereocenters. The number of nitrogens with one attached hydrogen (secondary N) is 2. The number of nitrogens with zero attached hydrogens (tertiary/aromatic N) is 1. The van der Waals surface area contributed by atoms with E-state index in [1.54, 1.807) is 24.4 Å².